The average molecular weight is 249 g/mol. The first-order valence-corrected chi connectivity index (χ1v) is 5.78. The molecule has 1 aliphatic rings. The molecule has 0 unspecified atom stereocenters. The van der Waals surface area contributed by atoms with Crippen LogP contribution >= 0.6 is 0 Å². The second kappa shape index (κ2) is 5.14. The number of nitrogens with one attached hydrogen (secondary N) is 1. The van der Waals surface area contributed by atoms with Gasteiger partial charge in [0.1, 0.15) is 11.8 Å². The van der Waals surface area contributed by atoms with Gasteiger partial charge in [-0.3, -0.25) is 14.6 Å². The molecule has 0 bridgehead atoms. The second-order valence-corrected chi connectivity index (χ2v) is 4.30. The summed E-state index contributed by atoms with van der Waals surface area (Å²) in [6, 6.07) is 3.04. The number of ether oxygens (including phenoxy) is 1. The van der Waals surface area contributed by atoms with Crippen LogP contribution in [0.3, 0.4) is 0 Å². The van der Waals surface area contributed by atoms with Crippen LogP contribution in [0.4, 0.5) is 5.69 Å². The van der Waals surface area contributed by atoms with Gasteiger partial charge in [0.05, 0.1) is 6.10 Å². The maximum atomic E-state index is 11.9. The summed E-state index contributed by atoms with van der Waals surface area (Å²) in [5, 5.41) is 2.69. The van der Waals surface area contributed by atoms with E-state index in [1.807, 2.05) is 6.92 Å². The molecule has 0 aliphatic carbocycles. The van der Waals surface area contributed by atoms with Crippen LogP contribution in [0.25, 0.3) is 0 Å². The number of pyridine rings is 1. The Hall–Kier alpha value is -1.95. The molecule has 2 heterocycles. The molecule has 1 aromatic heterocycles. The van der Waals surface area contributed by atoms with Crippen LogP contribution in [-0.4, -0.2) is 29.0 Å². The number of nitrogens with zero attached hydrogens (tertiary/aromatic N) is 1. The van der Waals surface area contributed by atoms with E-state index in [2.05, 4.69) is 10.3 Å². The number of primary amides is 1. The summed E-state index contributed by atoms with van der Waals surface area (Å²) in [5.41, 5.74) is 5.73. The van der Waals surface area contributed by atoms with E-state index in [1.165, 1.54) is 12.3 Å². The standard InChI is InChI=1S/C12H15N3O3/c1-7-2-3-10(18-7)12(17)15-8-4-5-14-9(6-8)11(13)16/h4-7,10H,2-3H2,1H3,(H2,13,16)(H,14,15,17)/t7-,10-/m1/s1. The van der Waals surface area contributed by atoms with Crippen LogP contribution in [0.1, 0.15) is 30.3 Å². The third kappa shape index (κ3) is 2.84. The lowest BCUT2D eigenvalue weighted by Crippen LogP contribution is -2.28. The number of hydrogen-bond acceptors (Lipinski definition) is 4. The van der Waals surface area contributed by atoms with Crippen molar-refractivity contribution in [1.29, 1.82) is 0 Å². The van der Waals surface area contributed by atoms with E-state index in [0.717, 1.165) is 6.42 Å². The average Bonchev–Trinajstić information content (AvgIpc) is 2.76. The fraction of sp³-hybridized carbons (Fsp3) is 0.417. The Kier molecular flexibility index (Phi) is 3.57. The molecule has 0 spiro atoms. The Bertz CT molecular complexity index is 475. The zero-order chi connectivity index (χ0) is 13.1. The fourth-order valence-electron chi connectivity index (χ4n) is 1.86. The van der Waals surface area contributed by atoms with Gasteiger partial charge < -0.3 is 15.8 Å². The Labute approximate surface area is 105 Å². The molecule has 1 fully saturated rings. The van der Waals surface area contributed by atoms with Crippen molar-refractivity contribution in [1.82, 2.24) is 4.98 Å². The first-order valence-electron chi connectivity index (χ1n) is 5.78. The molecule has 6 nitrogen and oxygen atoms in total. The van der Waals surface area contributed by atoms with Crippen molar-refractivity contribution in [3.05, 3.63) is 24.0 Å². The van der Waals surface area contributed by atoms with Gasteiger partial charge in [-0.25, -0.2) is 0 Å². The number of carbonyl (C=O) groups excluding carboxylic acids is 2. The quantitative estimate of drug-likeness (QED) is 0.823. The van der Waals surface area contributed by atoms with Crippen LogP contribution in [0.5, 0.6) is 0 Å². The summed E-state index contributed by atoms with van der Waals surface area (Å²) < 4.78 is 5.45. The van der Waals surface area contributed by atoms with Gasteiger partial charge in [0.25, 0.3) is 11.8 Å². The molecular weight excluding hydrogens is 234 g/mol. The number of hydrogen-bond donors (Lipinski definition) is 2. The van der Waals surface area contributed by atoms with Gasteiger partial charge in [-0.05, 0) is 31.9 Å². The highest BCUT2D eigenvalue weighted by molar-refractivity contribution is 5.96. The Morgan fingerprint density at radius 1 is 1.50 bits per heavy atom. The van der Waals surface area contributed by atoms with Crippen LogP contribution in [-0.2, 0) is 9.53 Å². The topological polar surface area (TPSA) is 94.3 Å². The van der Waals surface area contributed by atoms with Gasteiger partial charge >= 0.3 is 0 Å². The zero-order valence-corrected chi connectivity index (χ0v) is 10.1. The predicted molar refractivity (Wildman–Crippen MR) is 65.0 cm³/mol. The minimum Gasteiger partial charge on any atom is -0.365 e. The lowest BCUT2D eigenvalue weighted by molar-refractivity contribution is -0.126. The lowest BCUT2D eigenvalue weighted by atomic mass is 10.2. The molecule has 1 aliphatic heterocycles. The van der Waals surface area contributed by atoms with E-state index >= 15 is 0 Å². The summed E-state index contributed by atoms with van der Waals surface area (Å²) in [6.07, 6.45) is 2.69. The highest BCUT2D eigenvalue weighted by atomic mass is 16.5. The van der Waals surface area contributed by atoms with Crippen LogP contribution in [0.2, 0.25) is 0 Å². The predicted octanol–water partition coefficient (Wildman–Crippen LogP) is 0.686. The first kappa shape index (κ1) is 12.5. The van der Waals surface area contributed by atoms with Crippen molar-refractivity contribution in [2.45, 2.75) is 32.0 Å². The number of carbonyl (C=O) groups is 2. The molecule has 2 atom stereocenters. The van der Waals surface area contributed by atoms with Crippen molar-refractivity contribution >= 4 is 17.5 Å². The Balaban J connectivity index is 2.03. The van der Waals surface area contributed by atoms with Gasteiger partial charge in [-0.15, -0.1) is 0 Å². The fourth-order valence-corrected chi connectivity index (χ4v) is 1.86. The van der Waals surface area contributed by atoms with E-state index in [0.29, 0.717) is 12.1 Å². The van der Waals surface area contributed by atoms with Gasteiger partial charge in [0, 0.05) is 11.9 Å². The van der Waals surface area contributed by atoms with Crippen molar-refractivity contribution in [3.63, 3.8) is 0 Å². The summed E-state index contributed by atoms with van der Waals surface area (Å²) in [7, 11) is 0. The normalized spacial score (nSPS) is 22.7. The zero-order valence-electron chi connectivity index (χ0n) is 10.1. The van der Waals surface area contributed by atoms with Gasteiger partial charge in [-0.1, -0.05) is 0 Å². The third-order valence-electron chi connectivity index (χ3n) is 2.80. The molecule has 2 rings (SSSR count). The van der Waals surface area contributed by atoms with E-state index in [-0.39, 0.29) is 17.7 Å². The first-order chi connectivity index (χ1) is 8.56. The van der Waals surface area contributed by atoms with E-state index < -0.39 is 12.0 Å². The molecule has 2 amide bonds. The van der Waals surface area contributed by atoms with Gasteiger partial charge in [0.2, 0.25) is 0 Å². The van der Waals surface area contributed by atoms with Crippen molar-refractivity contribution in [2.75, 3.05) is 5.32 Å². The molecule has 1 aromatic rings. The molecule has 0 aromatic carbocycles. The number of rotatable bonds is 3. The maximum Gasteiger partial charge on any atom is 0.267 e. The van der Waals surface area contributed by atoms with Crippen LogP contribution in [0, 0.1) is 0 Å². The Morgan fingerprint density at radius 3 is 2.89 bits per heavy atom. The van der Waals surface area contributed by atoms with Gasteiger partial charge in [0.15, 0.2) is 0 Å². The minimum absolute atomic E-state index is 0.111. The third-order valence-corrected chi connectivity index (χ3v) is 2.80. The van der Waals surface area contributed by atoms with Gasteiger partial charge in [-0.2, -0.15) is 0 Å². The van der Waals surface area contributed by atoms with Crippen molar-refractivity contribution in [3.8, 4) is 0 Å². The van der Waals surface area contributed by atoms with Crippen LogP contribution < -0.4 is 11.1 Å². The van der Waals surface area contributed by atoms with E-state index in [9.17, 15) is 9.59 Å². The number of aromatic nitrogens is 1. The lowest BCUT2D eigenvalue weighted by Gasteiger charge is -2.11. The highest BCUT2D eigenvalue weighted by Crippen LogP contribution is 2.20. The summed E-state index contributed by atoms with van der Waals surface area (Å²) in [5.74, 6) is -0.835. The van der Waals surface area contributed by atoms with Crippen molar-refractivity contribution < 1.29 is 14.3 Å². The second-order valence-electron chi connectivity index (χ2n) is 4.30. The van der Waals surface area contributed by atoms with Crippen molar-refractivity contribution in [2.24, 2.45) is 5.73 Å². The summed E-state index contributed by atoms with van der Waals surface area (Å²) in [6.45, 7) is 1.94. The molecule has 6 heteroatoms. The molecule has 1 saturated heterocycles. The number of anilines is 1. The van der Waals surface area contributed by atoms with E-state index in [4.69, 9.17) is 10.5 Å². The monoisotopic (exact) mass is 249 g/mol. The SMILES string of the molecule is C[C@@H]1CC[C@H](C(=O)Nc2ccnc(C(N)=O)c2)O1. The summed E-state index contributed by atoms with van der Waals surface area (Å²) >= 11 is 0. The molecule has 0 saturated carbocycles. The molecule has 18 heavy (non-hydrogen) atoms. The molecule has 0 radical (unpaired) electrons. The highest BCUT2D eigenvalue weighted by Gasteiger charge is 2.28. The maximum absolute atomic E-state index is 11.9. The summed E-state index contributed by atoms with van der Waals surface area (Å²) in [4.78, 5) is 26.6. The van der Waals surface area contributed by atoms with E-state index in [1.54, 1.807) is 6.07 Å². The smallest absolute Gasteiger partial charge is 0.267 e. The molecular formula is C12H15N3O3. The Morgan fingerprint density at radius 2 is 2.28 bits per heavy atom. The minimum atomic E-state index is -0.628. The number of amides is 2. The van der Waals surface area contributed by atoms with Crippen LogP contribution in [0.15, 0.2) is 18.3 Å². The molecule has 96 valence electrons. The molecule has 3 N–H and O–H groups in total. The number of nitrogens with two attached hydrogens (primary N) is 1. The largest absolute Gasteiger partial charge is 0.365 e.